The van der Waals surface area contributed by atoms with Gasteiger partial charge in [0, 0.05) is 16.8 Å². The minimum Gasteiger partial charge on any atom is -0.399 e. The van der Waals surface area contributed by atoms with E-state index in [1.807, 2.05) is 12.1 Å². The highest BCUT2D eigenvalue weighted by Gasteiger charge is 2.38. The topological polar surface area (TPSA) is 38.0 Å². The highest BCUT2D eigenvalue weighted by Crippen LogP contribution is 2.38. The molecule has 3 N–H and O–H groups in total. The van der Waals surface area contributed by atoms with E-state index < -0.39 is 0 Å². The number of nitrogens with one attached hydrogen (secondary N) is 1. The minimum atomic E-state index is 0.155. The zero-order chi connectivity index (χ0) is 13.6. The first kappa shape index (κ1) is 13.5. The summed E-state index contributed by atoms with van der Waals surface area (Å²) in [6.45, 7) is 9.06. The summed E-state index contributed by atoms with van der Waals surface area (Å²) >= 11 is 0. The number of hydrogen-bond acceptors (Lipinski definition) is 2. The van der Waals surface area contributed by atoms with Crippen molar-refractivity contribution in [2.75, 3.05) is 5.73 Å². The molecule has 3 heteroatoms. The fraction of sp³-hybridized carbons (Fsp3) is 0.600. The van der Waals surface area contributed by atoms with Gasteiger partial charge in [0.2, 0.25) is 0 Å². The van der Waals surface area contributed by atoms with Crippen LogP contribution in [0, 0.1) is 0 Å². The Bertz CT molecular complexity index is 436. The maximum Gasteiger partial charge on any atom is 0.116 e. The van der Waals surface area contributed by atoms with Crippen molar-refractivity contribution in [2.45, 2.75) is 57.5 Å². The third-order valence-corrected chi connectivity index (χ3v) is 3.77. The zero-order valence-corrected chi connectivity index (χ0v) is 11.9. The van der Waals surface area contributed by atoms with Gasteiger partial charge in [-0.1, -0.05) is 17.6 Å². The molecule has 1 aromatic rings. The average molecular weight is 242 g/mol. The van der Waals surface area contributed by atoms with Crippen molar-refractivity contribution < 1.29 is 0 Å². The molecule has 1 aromatic carbocycles. The first-order valence-corrected chi connectivity index (χ1v) is 6.63. The first-order valence-electron chi connectivity index (χ1n) is 6.63. The van der Waals surface area contributed by atoms with Crippen LogP contribution in [0.25, 0.3) is 0 Å². The molecule has 0 aromatic heterocycles. The van der Waals surface area contributed by atoms with Gasteiger partial charge in [0.25, 0.3) is 0 Å². The molecule has 2 rings (SSSR count). The van der Waals surface area contributed by atoms with E-state index >= 15 is 0 Å². The minimum absolute atomic E-state index is 0.155. The molecule has 0 aliphatic carbocycles. The summed E-state index contributed by atoms with van der Waals surface area (Å²) in [5.74, 6) is 0.541. The van der Waals surface area contributed by atoms with Crippen molar-refractivity contribution in [3.8, 4) is 0 Å². The van der Waals surface area contributed by atoms with Gasteiger partial charge in [-0.3, -0.25) is 0 Å². The molecule has 1 fully saturated rings. The van der Waals surface area contributed by atoms with Gasteiger partial charge in [-0.15, -0.1) is 0 Å². The van der Waals surface area contributed by atoms with Crippen LogP contribution in [0.4, 0.5) is 5.69 Å². The molecule has 0 spiro atoms. The molecular weight excluding hydrogens is 219 g/mol. The lowest BCUT2D eigenvalue weighted by Crippen LogP contribution is -2.57. The van der Waals surface area contributed by atoms with Crippen molar-refractivity contribution in [3.63, 3.8) is 0 Å². The molecular formula is C15H23BN2. The summed E-state index contributed by atoms with van der Waals surface area (Å²) in [7, 11) is 5.92. The van der Waals surface area contributed by atoms with Crippen molar-refractivity contribution in [3.05, 3.63) is 23.8 Å². The molecule has 0 unspecified atom stereocenters. The summed E-state index contributed by atoms with van der Waals surface area (Å²) in [4.78, 5) is 0. The zero-order valence-electron chi connectivity index (χ0n) is 11.9. The van der Waals surface area contributed by atoms with Crippen molar-refractivity contribution in [1.29, 1.82) is 0 Å². The molecule has 1 aliphatic rings. The molecule has 18 heavy (non-hydrogen) atoms. The molecule has 96 valence electrons. The summed E-state index contributed by atoms with van der Waals surface area (Å²) < 4.78 is 0. The fourth-order valence-corrected chi connectivity index (χ4v) is 3.41. The van der Waals surface area contributed by atoms with E-state index in [1.54, 1.807) is 0 Å². The SMILES string of the molecule is [B]c1cc(C2CC(C)(C)NC(C)(C)C2)ccc1N. The Hall–Kier alpha value is -0.955. The van der Waals surface area contributed by atoms with E-state index in [4.69, 9.17) is 13.6 Å². The summed E-state index contributed by atoms with van der Waals surface area (Å²) in [5.41, 5.74) is 8.78. The van der Waals surface area contributed by atoms with Gasteiger partial charge < -0.3 is 11.1 Å². The smallest absolute Gasteiger partial charge is 0.116 e. The second-order valence-corrected chi connectivity index (χ2v) is 6.89. The van der Waals surface area contributed by atoms with Crippen LogP contribution in [0.5, 0.6) is 0 Å². The lowest BCUT2D eigenvalue weighted by molar-refractivity contribution is 0.162. The quantitative estimate of drug-likeness (QED) is 0.584. The Morgan fingerprint density at radius 3 is 2.22 bits per heavy atom. The Labute approximate surface area is 112 Å². The normalized spacial score (nSPS) is 22.9. The van der Waals surface area contributed by atoms with Gasteiger partial charge in [0.1, 0.15) is 7.85 Å². The number of rotatable bonds is 1. The highest BCUT2D eigenvalue weighted by molar-refractivity contribution is 6.35. The number of hydrogen-bond donors (Lipinski definition) is 2. The Balaban J connectivity index is 2.29. The largest absolute Gasteiger partial charge is 0.399 e. The number of benzene rings is 1. The third kappa shape index (κ3) is 2.89. The predicted molar refractivity (Wildman–Crippen MR) is 79.5 cm³/mol. The van der Waals surface area contributed by atoms with Crippen LogP contribution >= 0.6 is 0 Å². The first-order chi connectivity index (χ1) is 8.19. The molecule has 1 heterocycles. The van der Waals surface area contributed by atoms with Crippen LogP contribution in [-0.4, -0.2) is 18.9 Å². The number of nitrogen functional groups attached to an aromatic ring is 1. The van der Waals surface area contributed by atoms with E-state index in [0.29, 0.717) is 17.1 Å². The lowest BCUT2D eigenvalue weighted by Gasteiger charge is -2.46. The van der Waals surface area contributed by atoms with E-state index in [1.165, 1.54) is 5.56 Å². The molecule has 1 aliphatic heterocycles. The van der Waals surface area contributed by atoms with Crippen molar-refractivity contribution in [1.82, 2.24) is 5.32 Å². The number of anilines is 1. The van der Waals surface area contributed by atoms with Crippen LogP contribution in [0.3, 0.4) is 0 Å². The standard InChI is InChI=1S/C15H23BN2/c1-14(2)8-11(9-15(3,4)18-14)10-5-6-13(17)12(16)7-10/h5-7,11,18H,8-9,17H2,1-4H3. The Kier molecular flexibility index (Phi) is 3.22. The maximum absolute atomic E-state index is 5.92. The number of piperidine rings is 1. The monoisotopic (exact) mass is 242 g/mol. The van der Waals surface area contributed by atoms with Crippen molar-refractivity contribution in [2.24, 2.45) is 0 Å². The van der Waals surface area contributed by atoms with Crippen LogP contribution in [0.2, 0.25) is 0 Å². The summed E-state index contributed by atoms with van der Waals surface area (Å²) in [5, 5.41) is 3.70. The van der Waals surface area contributed by atoms with Gasteiger partial charge in [-0.2, -0.15) is 0 Å². The Morgan fingerprint density at radius 1 is 1.17 bits per heavy atom. The Morgan fingerprint density at radius 2 is 1.72 bits per heavy atom. The van der Waals surface area contributed by atoms with E-state index in [-0.39, 0.29) is 11.1 Å². The van der Waals surface area contributed by atoms with Crippen LogP contribution in [0.1, 0.15) is 52.0 Å². The molecule has 2 nitrogen and oxygen atoms in total. The molecule has 0 saturated carbocycles. The van der Waals surface area contributed by atoms with E-state index in [2.05, 4.69) is 39.1 Å². The molecule has 0 bridgehead atoms. The van der Waals surface area contributed by atoms with Gasteiger partial charge >= 0.3 is 0 Å². The van der Waals surface area contributed by atoms with Gasteiger partial charge in [-0.25, -0.2) is 0 Å². The van der Waals surface area contributed by atoms with Gasteiger partial charge in [-0.05, 0) is 58.1 Å². The molecule has 2 radical (unpaired) electrons. The van der Waals surface area contributed by atoms with E-state index in [0.717, 1.165) is 12.8 Å². The molecule has 0 atom stereocenters. The number of nitrogens with two attached hydrogens (primary N) is 1. The van der Waals surface area contributed by atoms with Crippen LogP contribution in [-0.2, 0) is 0 Å². The third-order valence-electron chi connectivity index (χ3n) is 3.77. The second-order valence-electron chi connectivity index (χ2n) is 6.89. The van der Waals surface area contributed by atoms with Crippen molar-refractivity contribution >= 4 is 19.0 Å². The van der Waals surface area contributed by atoms with E-state index in [9.17, 15) is 0 Å². The fourth-order valence-electron chi connectivity index (χ4n) is 3.41. The van der Waals surface area contributed by atoms with Crippen LogP contribution < -0.4 is 16.5 Å². The summed E-state index contributed by atoms with van der Waals surface area (Å²) in [6.07, 6.45) is 2.25. The molecule has 1 saturated heterocycles. The van der Waals surface area contributed by atoms with Gasteiger partial charge in [0.05, 0.1) is 0 Å². The maximum atomic E-state index is 5.92. The lowest BCUT2D eigenvalue weighted by atomic mass is 9.72. The average Bonchev–Trinajstić information content (AvgIpc) is 2.17. The summed E-state index contributed by atoms with van der Waals surface area (Å²) in [6, 6.07) is 6.08. The molecule has 0 amide bonds. The van der Waals surface area contributed by atoms with Crippen LogP contribution in [0.15, 0.2) is 18.2 Å². The van der Waals surface area contributed by atoms with Gasteiger partial charge in [0.15, 0.2) is 0 Å². The second kappa shape index (κ2) is 4.31. The predicted octanol–water partition coefficient (Wildman–Crippen LogP) is 2.09. The highest BCUT2D eigenvalue weighted by atomic mass is 15.0.